The van der Waals surface area contributed by atoms with Gasteiger partial charge in [-0.25, -0.2) is 14.4 Å². The van der Waals surface area contributed by atoms with Crippen LogP contribution in [0.15, 0.2) is 103 Å². The molecular weight excluding hydrogens is 624 g/mol. The number of nitrogens with zero attached hydrogens (tertiary/aromatic N) is 2. The van der Waals surface area contributed by atoms with Crippen LogP contribution in [0.3, 0.4) is 0 Å². The van der Waals surface area contributed by atoms with Crippen LogP contribution in [0.1, 0.15) is 84.5 Å². The van der Waals surface area contributed by atoms with Crippen LogP contribution in [0.2, 0.25) is 0 Å². The molecule has 0 bridgehead atoms. The van der Waals surface area contributed by atoms with E-state index in [1.807, 2.05) is 32.1 Å². The molecule has 3 aromatic rings. The van der Waals surface area contributed by atoms with Gasteiger partial charge in [0.05, 0.1) is 39.4 Å². The molecule has 256 valence electrons. The van der Waals surface area contributed by atoms with E-state index in [1.165, 1.54) is 12.4 Å². The first-order valence-corrected chi connectivity index (χ1v) is 16.6. The fourth-order valence-corrected chi connectivity index (χ4v) is 7.28. The van der Waals surface area contributed by atoms with Crippen LogP contribution in [-0.4, -0.2) is 69.1 Å². The predicted molar refractivity (Wildman–Crippen MR) is 179 cm³/mol. The molecule has 1 N–H and O–H groups in total. The van der Waals surface area contributed by atoms with Gasteiger partial charge in [0.2, 0.25) is 0 Å². The highest BCUT2D eigenvalue weighted by atomic mass is 16.6. The Labute approximate surface area is 286 Å². The molecule has 0 amide bonds. The van der Waals surface area contributed by atoms with Crippen LogP contribution in [0.4, 0.5) is 0 Å². The van der Waals surface area contributed by atoms with Crippen LogP contribution >= 0.6 is 0 Å². The lowest BCUT2D eigenvalue weighted by Gasteiger charge is -2.45. The normalized spacial score (nSPS) is 29.1. The topological polar surface area (TPSA) is 137 Å². The molecule has 2 aliphatic carbocycles. The third-order valence-electron chi connectivity index (χ3n) is 9.95. The maximum Gasteiger partial charge on any atom is 0.340 e. The van der Waals surface area contributed by atoms with Gasteiger partial charge in [-0.3, -0.25) is 9.97 Å². The van der Waals surface area contributed by atoms with E-state index in [0.717, 1.165) is 5.57 Å². The van der Waals surface area contributed by atoms with E-state index in [9.17, 15) is 19.5 Å². The van der Waals surface area contributed by atoms with E-state index < -0.39 is 52.7 Å². The highest BCUT2D eigenvalue weighted by Crippen LogP contribution is 2.56. The summed E-state index contributed by atoms with van der Waals surface area (Å²) in [6, 6.07) is 15.2. The number of hydrogen-bond donors (Lipinski definition) is 1. The molecule has 3 aliphatic rings. The van der Waals surface area contributed by atoms with Crippen molar-refractivity contribution in [3.8, 4) is 0 Å². The number of ether oxygens (including phenoxy) is 4. The maximum absolute atomic E-state index is 13.8. The Morgan fingerprint density at radius 2 is 1.55 bits per heavy atom. The van der Waals surface area contributed by atoms with Crippen LogP contribution in [0.5, 0.6) is 0 Å². The number of esters is 3. The van der Waals surface area contributed by atoms with Crippen molar-refractivity contribution in [2.24, 2.45) is 11.3 Å². The molecule has 0 radical (unpaired) electrons. The molecular formula is C39H42N2O8. The van der Waals surface area contributed by atoms with Crippen molar-refractivity contribution in [3.05, 3.63) is 119 Å². The Kier molecular flexibility index (Phi) is 9.55. The molecule has 1 aliphatic heterocycles. The number of allylic oxidation sites excluding steroid dienone is 2. The lowest BCUT2D eigenvalue weighted by atomic mass is 9.65. The third-order valence-corrected chi connectivity index (χ3v) is 9.95. The van der Waals surface area contributed by atoms with E-state index in [-0.39, 0.29) is 30.3 Å². The smallest absolute Gasteiger partial charge is 0.340 e. The Bertz CT molecular complexity index is 1740. The zero-order valence-electron chi connectivity index (χ0n) is 28.2. The van der Waals surface area contributed by atoms with Gasteiger partial charge in [0, 0.05) is 37.1 Å². The van der Waals surface area contributed by atoms with Crippen molar-refractivity contribution in [2.45, 2.75) is 82.9 Å². The van der Waals surface area contributed by atoms with Crippen molar-refractivity contribution in [1.82, 2.24) is 9.97 Å². The van der Waals surface area contributed by atoms with Crippen molar-refractivity contribution >= 4 is 17.9 Å². The molecule has 6 atom stereocenters. The fraction of sp³-hybridized carbons (Fsp3) is 0.410. The van der Waals surface area contributed by atoms with Gasteiger partial charge in [0.15, 0.2) is 0 Å². The molecule has 49 heavy (non-hydrogen) atoms. The molecule has 2 aromatic heterocycles. The molecule has 10 heteroatoms. The number of epoxide rings is 1. The Morgan fingerprint density at radius 1 is 0.918 bits per heavy atom. The van der Waals surface area contributed by atoms with E-state index in [1.54, 1.807) is 74.8 Å². The first-order chi connectivity index (χ1) is 23.4. The SMILES string of the molecule is C/C1=C\[C@H](OC(=O)c2cccnc2)[C@@]2(COC(=O)c3ccccc3)CC=C(C(C)(C)O)[C@@H]2[C@H](OC(=O)c2cccnc2)C[C@]2(C)O[C@H]2CC1. The zero-order chi connectivity index (χ0) is 34.8. The second kappa shape index (κ2) is 13.7. The highest BCUT2D eigenvalue weighted by Gasteiger charge is 2.62. The summed E-state index contributed by atoms with van der Waals surface area (Å²) in [6.07, 6.45) is 9.79. The van der Waals surface area contributed by atoms with Crippen molar-refractivity contribution in [1.29, 1.82) is 0 Å². The minimum atomic E-state index is -1.38. The molecule has 10 nitrogen and oxygen atoms in total. The summed E-state index contributed by atoms with van der Waals surface area (Å²) >= 11 is 0. The maximum atomic E-state index is 13.8. The van der Waals surface area contributed by atoms with Crippen molar-refractivity contribution in [3.63, 3.8) is 0 Å². The monoisotopic (exact) mass is 666 g/mol. The molecule has 1 fully saturated rings. The van der Waals surface area contributed by atoms with Gasteiger partial charge >= 0.3 is 17.9 Å². The minimum Gasteiger partial charge on any atom is -0.461 e. The Hall–Kier alpha value is -4.67. The number of aliphatic hydroxyl groups is 1. The zero-order valence-corrected chi connectivity index (χ0v) is 28.2. The first-order valence-electron chi connectivity index (χ1n) is 16.6. The number of benzene rings is 1. The van der Waals surface area contributed by atoms with Crippen molar-refractivity contribution < 1.29 is 38.4 Å². The molecule has 1 saturated heterocycles. The summed E-state index contributed by atoms with van der Waals surface area (Å²) in [6.45, 7) is 7.11. The Balaban J connectivity index is 1.50. The molecule has 3 heterocycles. The van der Waals surface area contributed by atoms with E-state index in [0.29, 0.717) is 30.4 Å². The van der Waals surface area contributed by atoms with E-state index in [4.69, 9.17) is 18.9 Å². The van der Waals surface area contributed by atoms with Crippen molar-refractivity contribution in [2.75, 3.05) is 6.61 Å². The number of hydrogen-bond acceptors (Lipinski definition) is 10. The number of rotatable bonds is 8. The van der Waals surface area contributed by atoms with Gasteiger partial charge in [-0.1, -0.05) is 29.8 Å². The average molecular weight is 667 g/mol. The Morgan fingerprint density at radius 3 is 2.16 bits per heavy atom. The van der Waals surface area contributed by atoms with Crippen LogP contribution < -0.4 is 0 Å². The van der Waals surface area contributed by atoms with Crippen LogP contribution in [-0.2, 0) is 18.9 Å². The number of fused-ring (bicyclic) bond motifs is 2. The summed E-state index contributed by atoms with van der Waals surface area (Å²) in [5.74, 6) is -2.53. The standard InChI is InChI=1S/C39H42N2O8/c1-25-14-15-31-38(4,49-31)21-30(47-35(43)27-12-8-18-40-22-27)33-29(37(2,3)45)16-17-39(33,24-46-34(42)26-10-6-5-7-11-26)32(20-25)48-36(44)28-13-9-19-41-23-28/h5-13,16,18-20,22-23,30-33,45H,14-15,17,21,24H2,1-4H3/b25-20+/t30-,31+,32+,33-,38+,39+/m1/s1. The predicted octanol–water partition coefficient (Wildman–Crippen LogP) is 6.08. The average Bonchev–Trinajstić information content (AvgIpc) is 3.56. The lowest BCUT2D eigenvalue weighted by Crippen LogP contribution is -2.53. The van der Waals surface area contributed by atoms with E-state index >= 15 is 0 Å². The summed E-state index contributed by atoms with van der Waals surface area (Å²) in [5.41, 5.74) is -0.785. The van der Waals surface area contributed by atoms with Gasteiger partial charge in [-0.05, 0) is 95.0 Å². The number of carbonyl (C=O) groups excluding carboxylic acids is 3. The molecule has 0 saturated carbocycles. The number of carbonyl (C=O) groups is 3. The van der Waals surface area contributed by atoms with Crippen LogP contribution in [0.25, 0.3) is 0 Å². The van der Waals surface area contributed by atoms with Gasteiger partial charge in [-0.2, -0.15) is 0 Å². The van der Waals surface area contributed by atoms with Gasteiger partial charge in [0.25, 0.3) is 0 Å². The second-order valence-electron chi connectivity index (χ2n) is 14.0. The highest BCUT2D eigenvalue weighted by molar-refractivity contribution is 5.90. The van der Waals surface area contributed by atoms with Gasteiger partial charge < -0.3 is 24.1 Å². The summed E-state index contributed by atoms with van der Waals surface area (Å²) in [7, 11) is 0. The van der Waals surface area contributed by atoms with Crippen LogP contribution in [0, 0.1) is 11.3 Å². The quantitative estimate of drug-likeness (QED) is 0.130. The van der Waals surface area contributed by atoms with Gasteiger partial charge in [0.1, 0.15) is 18.8 Å². The summed E-state index contributed by atoms with van der Waals surface area (Å²) < 4.78 is 25.2. The van der Waals surface area contributed by atoms with Gasteiger partial charge in [-0.15, -0.1) is 0 Å². The minimum absolute atomic E-state index is 0.0915. The molecule has 0 unspecified atom stereocenters. The summed E-state index contributed by atoms with van der Waals surface area (Å²) in [5, 5.41) is 11.7. The second-order valence-corrected chi connectivity index (χ2v) is 14.0. The largest absolute Gasteiger partial charge is 0.461 e. The lowest BCUT2D eigenvalue weighted by molar-refractivity contribution is -0.0877. The number of pyridine rings is 2. The number of aromatic nitrogens is 2. The van der Waals surface area contributed by atoms with E-state index in [2.05, 4.69) is 9.97 Å². The molecule has 1 aromatic carbocycles. The third kappa shape index (κ3) is 7.35. The first kappa shape index (κ1) is 34.2. The molecule has 0 spiro atoms. The molecule has 6 rings (SSSR count). The summed E-state index contributed by atoms with van der Waals surface area (Å²) in [4.78, 5) is 49.3. The fourth-order valence-electron chi connectivity index (χ4n) is 7.28.